The van der Waals surface area contributed by atoms with Gasteiger partial charge in [-0.05, 0) is 35.0 Å². The van der Waals surface area contributed by atoms with Gasteiger partial charge in [0.2, 0.25) is 5.91 Å². The van der Waals surface area contributed by atoms with E-state index in [0.29, 0.717) is 6.54 Å². The number of ether oxygens (including phenoxy) is 1. The Bertz CT molecular complexity index is 353. The molecular weight excluding hydrogens is 266 g/mol. The number of hydrogen-bond acceptors (Lipinski definition) is 3. The minimum absolute atomic E-state index is 0.0434. The van der Waals surface area contributed by atoms with Crippen LogP contribution in [-0.2, 0) is 15.1 Å². The molecule has 2 heterocycles. The zero-order valence-electron chi connectivity index (χ0n) is 7.67. The number of thiophene rings is 1. The van der Waals surface area contributed by atoms with E-state index >= 15 is 0 Å². The van der Waals surface area contributed by atoms with Crippen molar-refractivity contribution in [3.8, 4) is 0 Å². The SMILES string of the molecule is CC1(c2ccc(Br)s2)CNC(=O)CO1. The summed E-state index contributed by atoms with van der Waals surface area (Å²) in [6.07, 6.45) is 0. The van der Waals surface area contributed by atoms with Crippen LogP contribution in [0.25, 0.3) is 0 Å². The molecule has 1 unspecified atom stereocenters. The maximum Gasteiger partial charge on any atom is 0.246 e. The summed E-state index contributed by atoms with van der Waals surface area (Å²) < 4.78 is 6.63. The molecular formula is C9H10BrNO2S. The van der Waals surface area contributed by atoms with Gasteiger partial charge in [0.25, 0.3) is 0 Å². The highest BCUT2D eigenvalue weighted by atomic mass is 79.9. The third-order valence-electron chi connectivity index (χ3n) is 2.24. The highest BCUT2D eigenvalue weighted by Gasteiger charge is 2.33. The number of hydrogen-bond donors (Lipinski definition) is 1. The lowest BCUT2D eigenvalue weighted by Crippen LogP contribution is -2.48. The topological polar surface area (TPSA) is 38.3 Å². The molecule has 3 nitrogen and oxygen atoms in total. The van der Waals surface area contributed by atoms with Crippen LogP contribution in [-0.4, -0.2) is 19.1 Å². The molecule has 1 aromatic rings. The molecule has 76 valence electrons. The average Bonchev–Trinajstić information content (AvgIpc) is 2.58. The minimum atomic E-state index is -0.370. The minimum Gasteiger partial charge on any atom is -0.358 e. The van der Waals surface area contributed by atoms with Crippen LogP contribution in [0.15, 0.2) is 15.9 Å². The fourth-order valence-corrected chi connectivity index (χ4v) is 2.84. The molecule has 1 N–H and O–H groups in total. The third kappa shape index (κ3) is 1.85. The first-order chi connectivity index (χ1) is 6.60. The molecule has 1 aliphatic rings. The van der Waals surface area contributed by atoms with Gasteiger partial charge in [0, 0.05) is 4.88 Å². The molecule has 1 aromatic heterocycles. The second-order valence-electron chi connectivity index (χ2n) is 3.40. The summed E-state index contributed by atoms with van der Waals surface area (Å²) in [7, 11) is 0. The van der Waals surface area contributed by atoms with E-state index in [4.69, 9.17) is 4.74 Å². The lowest BCUT2D eigenvalue weighted by Gasteiger charge is -2.32. The van der Waals surface area contributed by atoms with Gasteiger partial charge < -0.3 is 10.1 Å². The van der Waals surface area contributed by atoms with Crippen molar-refractivity contribution >= 4 is 33.2 Å². The molecule has 14 heavy (non-hydrogen) atoms. The highest BCUT2D eigenvalue weighted by Crippen LogP contribution is 2.34. The maximum absolute atomic E-state index is 10.9. The maximum atomic E-state index is 10.9. The number of carbonyl (C=O) groups excluding carboxylic acids is 1. The van der Waals surface area contributed by atoms with Gasteiger partial charge in [-0.15, -0.1) is 11.3 Å². The quantitative estimate of drug-likeness (QED) is 0.850. The van der Waals surface area contributed by atoms with Crippen molar-refractivity contribution in [2.24, 2.45) is 0 Å². The van der Waals surface area contributed by atoms with Crippen molar-refractivity contribution in [1.29, 1.82) is 0 Å². The van der Waals surface area contributed by atoms with Crippen molar-refractivity contribution in [2.45, 2.75) is 12.5 Å². The van der Waals surface area contributed by atoms with Gasteiger partial charge in [-0.1, -0.05) is 0 Å². The standard InChI is InChI=1S/C9H10BrNO2S/c1-9(5-11-8(12)4-13-9)6-2-3-7(10)14-6/h2-3H,4-5H2,1H3,(H,11,12). The molecule has 0 spiro atoms. The van der Waals surface area contributed by atoms with Crippen molar-refractivity contribution in [1.82, 2.24) is 5.32 Å². The van der Waals surface area contributed by atoms with Gasteiger partial charge in [0.15, 0.2) is 0 Å². The number of rotatable bonds is 1. The summed E-state index contributed by atoms with van der Waals surface area (Å²) in [5, 5.41) is 2.81. The van der Waals surface area contributed by atoms with E-state index in [-0.39, 0.29) is 18.1 Å². The second kappa shape index (κ2) is 3.64. The summed E-state index contributed by atoms with van der Waals surface area (Å²) in [4.78, 5) is 12.1. The van der Waals surface area contributed by atoms with Crippen LogP contribution in [0.5, 0.6) is 0 Å². The van der Waals surface area contributed by atoms with E-state index < -0.39 is 0 Å². The molecule has 0 aliphatic carbocycles. The molecule has 2 rings (SSSR count). The Hall–Kier alpha value is -0.390. The predicted octanol–water partition coefficient (Wildman–Crippen LogP) is 1.87. The molecule has 1 atom stereocenters. The molecule has 0 aromatic carbocycles. The fourth-order valence-electron chi connectivity index (χ4n) is 1.35. The van der Waals surface area contributed by atoms with Crippen LogP contribution in [0.4, 0.5) is 0 Å². The van der Waals surface area contributed by atoms with Crippen LogP contribution in [0.3, 0.4) is 0 Å². The fraction of sp³-hybridized carbons (Fsp3) is 0.444. The van der Waals surface area contributed by atoms with Crippen molar-refractivity contribution in [3.05, 3.63) is 20.8 Å². The van der Waals surface area contributed by atoms with Crippen LogP contribution in [0.2, 0.25) is 0 Å². The first-order valence-electron chi connectivity index (χ1n) is 4.27. The average molecular weight is 276 g/mol. The summed E-state index contributed by atoms with van der Waals surface area (Å²) >= 11 is 5.05. The molecule has 0 radical (unpaired) electrons. The number of morpholine rings is 1. The smallest absolute Gasteiger partial charge is 0.246 e. The van der Waals surface area contributed by atoms with Crippen molar-refractivity contribution in [2.75, 3.05) is 13.2 Å². The molecule has 1 amide bonds. The molecule has 1 aliphatic heterocycles. The number of halogens is 1. The van der Waals surface area contributed by atoms with E-state index in [0.717, 1.165) is 8.66 Å². The Labute approximate surface area is 94.6 Å². The normalized spacial score (nSPS) is 27.4. The second-order valence-corrected chi connectivity index (χ2v) is 5.86. The zero-order valence-corrected chi connectivity index (χ0v) is 10.1. The Morgan fingerprint density at radius 3 is 2.93 bits per heavy atom. The zero-order chi connectivity index (χ0) is 10.2. The van der Waals surface area contributed by atoms with Crippen LogP contribution >= 0.6 is 27.3 Å². The molecule has 1 saturated heterocycles. The number of nitrogens with one attached hydrogen (secondary N) is 1. The Morgan fingerprint density at radius 1 is 1.64 bits per heavy atom. The highest BCUT2D eigenvalue weighted by molar-refractivity contribution is 9.11. The summed E-state index contributed by atoms with van der Waals surface area (Å²) in [5.41, 5.74) is -0.370. The molecule has 1 fully saturated rings. The molecule has 5 heteroatoms. The first kappa shape index (κ1) is 10.1. The van der Waals surface area contributed by atoms with Gasteiger partial charge >= 0.3 is 0 Å². The summed E-state index contributed by atoms with van der Waals surface area (Å²) in [5.74, 6) is -0.0434. The van der Waals surface area contributed by atoms with Crippen molar-refractivity contribution < 1.29 is 9.53 Å². The third-order valence-corrected chi connectivity index (χ3v) is 4.11. The summed E-state index contributed by atoms with van der Waals surface area (Å²) in [6, 6.07) is 4.01. The number of carbonyl (C=O) groups is 1. The Balaban J connectivity index is 2.20. The largest absolute Gasteiger partial charge is 0.358 e. The van der Waals surface area contributed by atoms with E-state index in [1.807, 2.05) is 19.1 Å². The lowest BCUT2D eigenvalue weighted by molar-refractivity contribution is -0.142. The lowest BCUT2D eigenvalue weighted by atomic mass is 10.0. The monoisotopic (exact) mass is 275 g/mol. The van der Waals surface area contributed by atoms with Gasteiger partial charge in [-0.2, -0.15) is 0 Å². The van der Waals surface area contributed by atoms with E-state index in [2.05, 4.69) is 21.2 Å². The van der Waals surface area contributed by atoms with E-state index in [1.54, 1.807) is 11.3 Å². The molecule has 0 saturated carbocycles. The Kier molecular flexibility index (Phi) is 2.64. The van der Waals surface area contributed by atoms with Crippen molar-refractivity contribution in [3.63, 3.8) is 0 Å². The summed E-state index contributed by atoms with van der Waals surface area (Å²) in [6.45, 7) is 2.68. The predicted molar refractivity (Wildman–Crippen MR) is 58.3 cm³/mol. The van der Waals surface area contributed by atoms with Gasteiger partial charge in [-0.3, -0.25) is 4.79 Å². The van der Waals surface area contributed by atoms with Gasteiger partial charge in [-0.25, -0.2) is 0 Å². The number of amides is 1. The van der Waals surface area contributed by atoms with Crippen LogP contribution in [0.1, 0.15) is 11.8 Å². The van der Waals surface area contributed by atoms with E-state index in [9.17, 15) is 4.79 Å². The first-order valence-corrected chi connectivity index (χ1v) is 5.87. The van der Waals surface area contributed by atoms with Gasteiger partial charge in [0.05, 0.1) is 10.3 Å². The van der Waals surface area contributed by atoms with E-state index in [1.165, 1.54) is 0 Å². The Morgan fingerprint density at radius 2 is 2.43 bits per heavy atom. The van der Waals surface area contributed by atoms with Crippen LogP contribution < -0.4 is 5.32 Å². The van der Waals surface area contributed by atoms with Gasteiger partial charge in [0.1, 0.15) is 12.2 Å². The molecule has 0 bridgehead atoms. The van der Waals surface area contributed by atoms with Crippen LogP contribution in [0, 0.1) is 0 Å².